The minimum atomic E-state index is -0.135. The maximum atomic E-state index is 12.6. The lowest BCUT2D eigenvalue weighted by molar-refractivity contribution is 0.0950. The number of hydrogen-bond donors (Lipinski definition) is 1. The summed E-state index contributed by atoms with van der Waals surface area (Å²) in [4.78, 5) is 17.0. The molecule has 0 radical (unpaired) electrons. The van der Waals surface area contributed by atoms with E-state index in [9.17, 15) is 4.79 Å². The fourth-order valence-corrected chi connectivity index (χ4v) is 3.55. The Kier molecular flexibility index (Phi) is 5.98. The van der Waals surface area contributed by atoms with Crippen LogP contribution in [0.3, 0.4) is 0 Å². The Bertz CT molecular complexity index is 1080. The van der Waals surface area contributed by atoms with E-state index in [1.165, 1.54) is 0 Å². The molecule has 0 aliphatic carbocycles. The molecule has 0 unspecified atom stereocenters. The standard InChI is InChI=1S/C24H20N2O2S/c27-24(26-15-19-9-11-25-23(13-19)21-10-12-29-17-21)20-7-4-8-22(14-20)28-16-18-5-2-1-3-6-18/h1-14,17H,15-16H2,(H,26,27). The molecule has 4 rings (SSSR count). The lowest BCUT2D eigenvalue weighted by Crippen LogP contribution is -2.22. The Balaban J connectivity index is 1.37. The predicted molar refractivity (Wildman–Crippen MR) is 116 cm³/mol. The van der Waals surface area contributed by atoms with Crippen molar-refractivity contribution in [3.05, 3.63) is 106 Å². The normalized spacial score (nSPS) is 10.5. The van der Waals surface area contributed by atoms with Crippen LogP contribution in [0.1, 0.15) is 21.5 Å². The molecule has 2 heterocycles. The molecular formula is C24H20N2O2S. The Morgan fingerprint density at radius 2 is 1.86 bits per heavy atom. The molecule has 0 saturated heterocycles. The van der Waals surface area contributed by atoms with Crippen LogP contribution in [0.15, 0.2) is 89.8 Å². The quantitative estimate of drug-likeness (QED) is 0.457. The number of benzene rings is 2. The van der Waals surface area contributed by atoms with Gasteiger partial charge in [0.25, 0.3) is 5.91 Å². The van der Waals surface area contributed by atoms with Gasteiger partial charge in [-0.1, -0.05) is 36.4 Å². The predicted octanol–water partition coefficient (Wildman–Crippen LogP) is 5.32. The first-order chi connectivity index (χ1) is 14.3. The number of aromatic nitrogens is 1. The van der Waals surface area contributed by atoms with Gasteiger partial charge in [0.2, 0.25) is 0 Å². The van der Waals surface area contributed by atoms with Gasteiger partial charge in [-0.05, 0) is 52.9 Å². The SMILES string of the molecule is O=C(NCc1ccnc(-c2ccsc2)c1)c1cccc(OCc2ccccc2)c1. The largest absolute Gasteiger partial charge is 0.489 e. The Hall–Kier alpha value is -3.44. The summed E-state index contributed by atoms with van der Waals surface area (Å²) in [5, 5.41) is 7.06. The highest BCUT2D eigenvalue weighted by atomic mass is 32.1. The van der Waals surface area contributed by atoms with Gasteiger partial charge < -0.3 is 10.1 Å². The molecule has 1 N–H and O–H groups in total. The third kappa shape index (κ3) is 5.09. The summed E-state index contributed by atoms with van der Waals surface area (Å²) < 4.78 is 5.82. The second-order valence-electron chi connectivity index (χ2n) is 6.55. The number of hydrogen-bond acceptors (Lipinski definition) is 4. The molecule has 0 spiro atoms. The first-order valence-electron chi connectivity index (χ1n) is 9.30. The Morgan fingerprint density at radius 3 is 2.69 bits per heavy atom. The number of carbonyl (C=O) groups excluding carboxylic acids is 1. The van der Waals surface area contributed by atoms with Crippen LogP contribution in [0, 0.1) is 0 Å². The van der Waals surface area contributed by atoms with Gasteiger partial charge in [0.1, 0.15) is 12.4 Å². The van der Waals surface area contributed by atoms with E-state index in [4.69, 9.17) is 4.74 Å². The second-order valence-corrected chi connectivity index (χ2v) is 7.33. The lowest BCUT2D eigenvalue weighted by atomic mass is 10.1. The third-order valence-electron chi connectivity index (χ3n) is 4.44. The fourth-order valence-electron chi connectivity index (χ4n) is 2.90. The maximum absolute atomic E-state index is 12.6. The smallest absolute Gasteiger partial charge is 0.251 e. The summed E-state index contributed by atoms with van der Waals surface area (Å²) in [7, 11) is 0. The number of amides is 1. The van der Waals surface area contributed by atoms with E-state index in [0.717, 1.165) is 22.4 Å². The van der Waals surface area contributed by atoms with Crippen LogP contribution in [0.5, 0.6) is 5.75 Å². The van der Waals surface area contributed by atoms with Crippen LogP contribution in [0.2, 0.25) is 0 Å². The number of pyridine rings is 1. The van der Waals surface area contributed by atoms with Crippen molar-refractivity contribution in [2.24, 2.45) is 0 Å². The van der Waals surface area contributed by atoms with E-state index in [1.807, 2.05) is 66.0 Å². The van der Waals surface area contributed by atoms with Gasteiger partial charge in [-0.2, -0.15) is 11.3 Å². The molecule has 0 saturated carbocycles. The molecule has 0 bridgehead atoms. The van der Waals surface area contributed by atoms with Crippen LogP contribution < -0.4 is 10.1 Å². The summed E-state index contributed by atoms with van der Waals surface area (Å²) in [6, 6.07) is 23.1. The molecular weight excluding hydrogens is 380 g/mol. The van der Waals surface area contributed by atoms with Crippen LogP contribution in [-0.2, 0) is 13.2 Å². The van der Waals surface area contributed by atoms with Crippen molar-refractivity contribution >= 4 is 17.2 Å². The monoisotopic (exact) mass is 400 g/mol. The zero-order chi connectivity index (χ0) is 19.9. The average Bonchev–Trinajstić information content (AvgIpc) is 3.32. The van der Waals surface area contributed by atoms with E-state index in [2.05, 4.69) is 15.7 Å². The zero-order valence-corrected chi connectivity index (χ0v) is 16.6. The first-order valence-corrected chi connectivity index (χ1v) is 10.2. The van der Waals surface area contributed by atoms with Gasteiger partial charge in [-0.25, -0.2) is 0 Å². The molecule has 4 aromatic rings. The minimum Gasteiger partial charge on any atom is -0.489 e. The van der Waals surface area contributed by atoms with Crippen molar-refractivity contribution in [1.82, 2.24) is 10.3 Å². The van der Waals surface area contributed by atoms with Gasteiger partial charge >= 0.3 is 0 Å². The Morgan fingerprint density at radius 1 is 0.966 bits per heavy atom. The zero-order valence-electron chi connectivity index (χ0n) is 15.7. The number of thiophene rings is 1. The highest BCUT2D eigenvalue weighted by Gasteiger charge is 2.08. The molecule has 0 aliphatic heterocycles. The average molecular weight is 401 g/mol. The molecule has 0 fully saturated rings. The van der Waals surface area contributed by atoms with Gasteiger partial charge in [0.15, 0.2) is 0 Å². The van der Waals surface area contributed by atoms with Gasteiger partial charge in [0.05, 0.1) is 5.69 Å². The van der Waals surface area contributed by atoms with E-state index in [1.54, 1.807) is 29.7 Å². The molecule has 0 aliphatic rings. The summed E-state index contributed by atoms with van der Waals surface area (Å²) >= 11 is 1.64. The van der Waals surface area contributed by atoms with E-state index >= 15 is 0 Å². The number of nitrogens with zero attached hydrogens (tertiary/aromatic N) is 1. The van der Waals surface area contributed by atoms with E-state index < -0.39 is 0 Å². The van der Waals surface area contributed by atoms with Crippen LogP contribution >= 0.6 is 11.3 Å². The van der Waals surface area contributed by atoms with Crippen molar-refractivity contribution < 1.29 is 9.53 Å². The van der Waals surface area contributed by atoms with Crippen molar-refractivity contribution in [1.29, 1.82) is 0 Å². The van der Waals surface area contributed by atoms with Crippen molar-refractivity contribution in [2.45, 2.75) is 13.2 Å². The highest BCUT2D eigenvalue weighted by Crippen LogP contribution is 2.21. The molecule has 144 valence electrons. The highest BCUT2D eigenvalue weighted by molar-refractivity contribution is 7.08. The third-order valence-corrected chi connectivity index (χ3v) is 5.12. The minimum absolute atomic E-state index is 0.135. The van der Waals surface area contributed by atoms with Crippen molar-refractivity contribution in [2.75, 3.05) is 0 Å². The fraction of sp³-hybridized carbons (Fsp3) is 0.0833. The van der Waals surface area contributed by atoms with E-state index in [0.29, 0.717) is 24.5 Å². The van der Waals surface area contributed by atoms with Crippen LogP contribution in [0.4, 0.5) is 0 Å². The summed E-state index contributed by atoms with van der Waals surface area (Å²) in [6.45, 7) is 0.905. The Labute approximate surface area is 173 Å². The van der Waals surface area contributed by atoms with Gasteiger partial charge in [-0.3, -0.25) is 9.78 Å². The molecule has 5 heteroatoms. The molecule has 1 amide bonds. The number of carbonyl (C=O) groups is 1. The van der Waals surface area contributed by atoms with Crippen molar-refractivity contribution in [3.63, 3.8) is 0 Å². The number of ether oxygens (including phenoxy) is 1. The molecule has 29 heavy (non-hydrogen) atoms. The number of nitrogens with one attached hydrogen (secondary N) is 1. The summed E-state index contributed by atoms with van der Waals surface area (Å²) in [5.74, 6) is 0.536. The second kappa shape index (κ2) is 9.17. The van der Waals surface area contributed by atoms with E-state index in [-0.39, 0.29) is 5.91 Å². The van der Waals surface area contributed by atoms with Crippen LogP contribution in [0.25, 0.3) is 11.3 Å². The molecule has 4 nitrogen and oxygen atoms in total. The molecule has 0 atom stereocenters. The summed E-state index contributed by atoms with van der Waals surface area (Å²) in [6.07, 6.45) is 1.77. The topological polar surface area (TPSA) is 51.2 Å². The number of rotatable bonds is 7. The lowest BCUT2D eigenvalue weighted by Gasteiger charge is -2.09. The van der Waals surface area contributed by atoms with Crippen LogP contribution in [-0.4, -0.2) is 10.9 Å². The summed E-state index contributed by atoms with van der Waals surface area (Å²) in [5.41, 5.74) is 4.66. The van der Waals surface area contributed by atoms with Gasteiger partial charge in [-0.15, -0.1) is 0 Å². The molecule has 2 aromatic carbocycles. The maximum Gasteiger partial charge on any atom is 0.251 e. The van der Waals surface area contributed by atoms with Gasteiger partial charge in [0, 0.05) is 29.2 Å². The molecule has 2 aromatic heterocycles. The van der Waals surface area contributed by atoms with Crippen molar-refractivity contribution in [3.8, 4) is 17.0 Å². The first kappa shape index (κ1) is 18.9.